The van der Waals surface area contributed by atoms with Gasteiger partial charge < -0.3 is 10.1 Å². The summed E-state index contributed by atoms with van der Waals surface area (Å²) in [6.45, 7) is 0.838. The summed E-state index contributed by atoms with van der Waals surface area (Å²) >= 11 is 0. The molecule has 4 aromatic carbocycles. The number of halogens is 1. The predicted molar refractivity (Wildman–Crippen MR) is 129 cm³/mol. The van der Waals surface area contributed by atoms with Crippen molar-refractivity contribution in [3.8, 4) is 11.4 Å². The molecule has 1 heterocycles. The molecule has 0 aliphatic carbocycles. The minimum Gasteiger partial charge on any atom is -0.489 e. The van der Waals surface area contributed by atoms with Gasteiger partial charge in [0.05, 0.1) is 11.0 Å². The van der Waals surface area contributed by atoms with Gasteiger partial charge in [0.2, 0.25) is 0 Å². The van der Waals surface area contributed by atoms with Crippen LogP contribution in [-0.4, -0.2) is 15.5 Å². The van der Waals surface area contributed by atoms with Crippen LogP contribution in [0.25, 0.3) is 16.7 Å². The van der Waals surface area contributed by atoms with Crippen LogP contribution in [0.4, 0.5) is 4.39 Å². The number of nitrogens with one attached hydrogen (secondary N) is 1. The van der Waals surface area contributed by atoms with Gasteiger partial charge in [-0.1, -0.05) is 42.5 Å². The molecule has 5 rings (SSSR count). The predicted octanol–water partition coefficient (Wildman–Crippen LogP) is 5.67. The third kappa shape index (κ3) is 4.81. The highest BCUT2D eigenvalue weighted by atomic mass is 19.1. The molecule has 0 bridgehead atoms. The highest BCUT2D eigenvalue weighted by molar-refractivity contribution is 5.97. The fourth-order valence-corrected chi connectivity index (χ4v) is 3.69. The van der Waals surface area contributed by atoms with Crippen molar-refractivity contribution in [2.75, 3.05) is 0 Å². The zero-order valence-corrected chi connectivity index (χ0v) is 18.3. The third-order valence-corrected chi connectivity index (χ3v) is 5.54. The largest absolute Gasteiger partial charge is 0.489 e. The van der Waals surface area contributed by atoms with E-state index in [1.807, 2.05) is 65.2 Å². The average molecular weight is 452 g/mol. The molecule has 5 nitrogen and oxygen atoms in total. The van der Waals surface area contributed by atoms with Crippen LogP contribution in [-0.2, 0) is 13.2 Å². The van der Waals surface area contributed by atoms with Crippen molar-refractivity contribution in [3.05, 3.63) is 126 Å². The van der Waals surface area contributed by atoms with Crippen LogP contribution in [0, 0.1) is 5.82 Å². The molecule has 0 saturated heterocycles. The number of rotatable bonds is 7. The van der Waals surface area contributed by atoms with Gasteiger partial charge in [-0.15, -0.1) is 0 Å². The first-order chi connectivity index (χ1) is 16.7. The van der Waals surface area contributed by atoms with E-state index in [1.165, 1.54) is 12.1 Å². The second-order valence-corrected chi connectivity index (χ2v) is 7.90. The molecule has 168 valence electrons. The molecule has 0 atom stereocenters. The van der Waals surface area contributed by atoms with Crippen molar-refractivity contribution in [3.63, 3.8) is 0 Å². The number of ether oxygens (including phenoxy) is 1. The van der Waals surface area contributed by atoms with Crippen molar-refractivity contribution in [1.82, 2.24) is 14.9 Å². The topological polar surface area (TPSA) is 56.2 Å². The lowest BCUT2D eigenvalue weighted by molar-refractivity contribution is 0.0951. The van der Waals surface area contributed by atoms with E-state index in [2.05, 4.69) is 10.3 Å². The maximum Gasteiger partial charge on any atom is 0.251 e. The maximum absolute atomic E-state index is 13.0. The summed E-state index contributed by atoms with van der Waals surface area (Å²) in [5, 5.41) is 2.86. The average Bonchev–Trinajstić information content (AvgIpc) is 3.31. The van der Waals surface area contributed by atoms with Gasteiger partial charge in [-0.2, -0.15) is 0 Å². The molecule has 0 radical (unpaired) electrons. The summed E-state index contributed by atoms with van der Waals surface area (Å²) in [6, 6.07) is 29.3. The lowest BCUT2D eigenvalue weighted by atomic mass is 10.1. The van der Waals surface area contributed by atoms with E-state index < -0.39 is 0 Å². The molecule has 1 N–H and O–H groups in total. The molecule has 34 heavy (non-hydrogen) atoms. The number of nitrogens with zero attached hydrogens (tertiary/aromatic N) is 2. The Labute approximate surface area is 196 Å². The molecular formula is C28H22FN3O2. The smallest absolute Gasteiger partial charge is 0.251 e. The van der Waals surface area contributed by atoms with E-state index >= 15 is 0 Å². The summed E-state index contributed by atoms with van der Waals surface area (Å²) in [5.74, 6) is 0.281. The molecule has 0 aliphatic heterocycles. The molecule has 0 saturated carbocycles. The molecule has 0 fully saturated rings. The van der Waals surface area contributed by atoms with E-state index in [0.29, 0.717) is 18.7 Å². The number of amides is 1. The van der Waals surface area contributed by atoms with Gasteiger partial charge in [0.1, 0.15) is 24.5 Å². The molecule has 6 heteroatoms. The minimum atomic E-state index is -0.300. The Morgan fingerprint density at radius 1 is 0.882 bits per heavy atom. The van der Waals surface area contributed by atoms with Crippen molar-refractivity contribution in [2.45, 2.75) is 13.2 Å². The number of carbonyl (C=O) groups excluding carboxylic acids is 1. The first kappa shape index (κ1) is 21.4. The van der Waals surface area contributed by atoms with E-state index in [-0.39, 0.29) is 11.7 Å². The quantitative estimate of drug-likeness (QED) is 0.347. The van der Waals surface area contributed by atoms with Crippen LogP contribution < -0.4 is 10.1 Å². The number of carbonyl (C=O) groups is 1. The van der Waals surface area contributed by atoms with E-state index in [1.54, 1.807) is 30.6 Å². The SMILES string of the molecule is O=C(NCc1ccc(F)cc1)c1ccc2c(c1)ncn2-c1ccc(OCc2ccccc2)cc1. The number of hydrogen-bond donors (Lipinski definition) is 1. The van der Waals surface area contributed by atoms with Crippen molar-refractivity contribution in [1.29, 1.82) is 0 Å². The second kappa shape index (κ2) is 9.58. The zero-order chi connectivity index (χ0) is 23.3. The molecule has 1 amide bonds. The number of hydrogen-bond acceptors (Lipinski definition) is 3. The summed E-state index contributed by atoms with van der Waals surface area (Å²) in [5.41, 5.74) is 5.03. The third-order valence-electron chi connectivity index (χ3n) is 5.54. The van der Waals surface area contributed by atoms with Gasteiger partial charge in [0.15, 0.2) is 0 Å². The van der Waals surface area contributed by atoms with Crippen LogP contribution in [0.5, 0.6) is 5.75 Å². The Morgan fingerprint density at radius 2 is 1.65 bits per heavy atom. The summed E-state index contributed by atoms with van der Waals surface area (Å²) in [4.78, 5) is 17.0. The fraction of sp³-hybridized carbons (Fsp3) is 0.0714. The zero-order valence-electron chi connectivity index (χ0n) is 18.3. The van der Waals surface area contributed by atoms with Crippen LogP contribution in [0.1, 0.15) is 21.5 Å². The minimum absolute atomic E-state index is 0.208. The first-order valence-corrected chi connectivity index (χ1v) is 10.9. The summed E-state index contributed by atoms with van der Waals surface area (Å²) < 4.78 is 20.9. The Kier molecular flexibility index (Phi) is 6.03. The lowest BCUT2D eigenvalue weighted by Gasteiger charge is -2.09. The monoisotopic (exact) mass is 451 g/mol. The highest BCUT2D eigenvalue weighted by Gasteiger charge is 2.10. The fourth-order valence-electron chi connectivity index (χ4n) is 3.69. The Hall–Kier alpha value is -4.45. The summed E-state index contributed by atoms with van der Waals surface area (Å²) in [6.07, 6.45) is 1.74. The van der Waals surface area contributed by atoms with Gasteiger partial charge >= 0.3 is 0 Å². The first-order valence-electron chi connectivity index (χ1n) is 10.9. The number of benzene rings is 4. The van der Waals surface area contributed by atoms with Gasteiger partial charge in [-0.3, -0.25) is 9.36 Å². The van der Waals surface area contributed by atoms with Gasteiger partial charge in [0.25, 0.3) is 5.91 Å². The molecule has 1 aromatic heterocycles. The van der Waals surface area contributed by atoms with Crippen LogP contribution in [0.2, 0.25) is 0 Å². The van der Waals surface area contributed by atoms with Gasteiger partial charge in [-0.25, -0.2) is 9.37 Å². The van der Waals surface area contributed by atoms with Crippen LogP contribution in [0.3, 0.4) is 0 Å². The molecule has 0 unspecified atom stereocenters. The standard InChI is InChI=1S/C28H22FN3O2/c29-23-9-6-20(7-10-23)17-30-28(33)22-8-15-27-26(16-22)31-19-32(27)24-11-13-25(14-12-24)34-18-21-4-2-1-3-5-21/h1-16,19H,17-18H2,(H,30,33). The van der Waals surface area contributed by atoms with Gasteiger partial charge in [0, 0.05) is 17.8 Å². The molecule has 0 spiro atoms. The van der Waals surface area contributed by atoms with Crippen LogP contribution >= 0.6 is 0 Å². The Morgan fingerprint density at radius 3 is 2.41 bits per heavy atom. The Bertz CT molecular complexity index is 1410. The van der Waals surface area contributed by atoms with Crippen molar-refractivity contribution in [2.24, 2.45) is 0 Å². The highest BCUT2D eigenvalue weighted by Crippen LogP contribution is 2.22. The number of fused-ring (bicyclic) bond motifs is 1. The maximum atomic E-state index is 13.0. The molecule has 0 aliphatic rings. The van der Waals surface area contributed by atoms with E-state index in [0.717, 1.165) is 33.6 Å². The van der Waals surface area contributed by atoms with Gasteiger partial charge in [-0.05, 0) is 65.7 Å². The second-order valence-electron chi connectivity index (χ2n) is 7.90. The van der Waals surface area contributed by atoms with E-state index in [4.69, 9.17) is 4.74 Å². The molecular weight excluding hydrogens is 429 g/mol. The van der Waals surface area contributed by atoms with Crippen molar-refractivity contribution >= 4 is 16.9 Å². The normalized spacial score (nSPS) is 10.9. The number of aromatic nitrogens is 2. The van der Waals surface area contributed by atoms with E-state index in [9.17, 15) is 9.18 Å². The summed E-state index contributed by atoms with van der Waals surface area (Å²) in [7, 11) is 0. The number of imidazole rings is 1. The molecule has 5 aromatic rings. The van der Waals surface area contributed by atoms with Crippen LogP contribution in [0.15, 0.2) is 103 Å². The Balaban J connectivity index is 1.26. The van der Waals surface area contributed by atoms with Crippen molar-refractivity contribution < 1.29 is 13.9 Å². The lowest BCUT2D eigenvalue weighted by Crippen LogP contribution is -2.22.